The van der Waals surface area contributed by atoms with E-state index in [0.29, 0.717) is 11.4 Å². The Balaban J connectivity index is 2.58. The first-order valence-electron chi connectivity index (χ1n) is 6.22. The third kappa shape index (κ3) is 4.50. The van der Waals surface area contributed by atoms with Crippen LogP contribution in [0.15, 0.2) is 17.5 Å². The van der Waals surface area contributed by atoms with Gasteiger partial charge in [-0.1, -0.05) is 6.07 Å². The highest BCUT2D eigenvalue weighted by Gasteiger charge is 2.25. The fourth-order valence-corrected chi connectivity index (χ4v) is 2.11. The summed E-state index contributed by atoms with van der Waals surface area (Å²) in [6.07, 6.45) is 0. The van der Waals surface area contributed by atoms with Crippen molar-refractivity contribution in [1.82, 2.24) is 15.5 Å². The number of nitrogens with one attached hydrogen (secondary N) is 2. The van der Waals surface area contributed by atoms with Crippen molar-refractivity contribution in [3.63, 3.8) is 0 Å². The molecular weight excluding hydrogens is 278 g/mol. The van der Waals surface area contributed by atoms with Crippen molar-refractivity contribution in [3.05, 3.63) is 22.4 Å². The van der Waals surface area contributed by atoms with Crippen molar-refractivity contribution >= 4 is 23.3 Å². The molecule has 0 aromatic carbocycles. The molecule has 0 aliphatic rings. The summed E-state index contributed by atoms with van der Waals surface area (Å²) in [5.41, 5.74) is -0.209. The minimum Gasteiger partial charge on any atom is -0.479 e. The van der Waals surface area contributed by atoms with Crippen LogP contribution in [-0.4, -0.2) is 48.2 Å². The van der Waals surface area contributed by atoms with Gasteiger partial charge in [0.25, 0.3) is 0 Å². The fraction of sp³-hybridized carbons (Fsp3) is 0.538. The maximum atomic E-state index is 11.8. The molecule has 1 unspecified atom stereocenters. The van der Waals surface area contributed by atoms with Crippen molar-refractivity contribution < 1.29 is 14.7 Å². The Hall–Kier alpha value is -1.60. The largest absolute Gasteiger partial charge is 0.479 e. The number of carbonyl (C=O) groups excluding carboxylic acids is 1. The topological polar surface area (TPSA) is 81.7 Å². The lowest BCUT2D eigenvalue weighted by atomic mass is 10.0. The molecule has 0 radical (unpaired) electrons. The summed E-state index contributed by atoms with van der Waals surface area (Å²) in [7, 11) is 3.84. The first-order chi connectivity index (χ1) is 9.24. The summed E-state index contributed by atoms with van der Waals surface area (Å²) in [5.74, 6) is -1.07. The highest BCUT2D eigenvalue weighted by molar-refractivity contribution is 7.10. The van der Waals surface area contributed by atoms with E-state index >= 15 is 0 Å². The summed E-state index contributed by atoms with van der Waals surface area (Å²) < 4.78 is 0. The van der Waals surface area contributed by atoms with Crippen LogP contribution in [0.1, 0.15) is 24.8 Å². The van der Waals surface area contributed by atoms with Crippen LogP contribution in [0.5, 0.6) is 0 Å². The lowest BCUT2D eigenvalue weighted by Crippen LogP contribution is -2.51. The zero-order valence-corrected chi connectivity index (χ0v) is 13.0. The third-order valence-corrected chi connectivity index (χ3v) is 4.18. The molecule has 112 valence electrons. The van der Waals surface area contributed by atoms with E-state index in [2.05, 4.69) is 10.6 Å². The lowest BCUT2D eigenvalue weighted by molar-refractivity contribution is -0.139. The van der Waals surface area contributed by atoms with Gasteiger partial charge in [-0.25, -0.2) is 9.59 Å². The van der Waals surface area contributed by atoms with E-state index in [0.717, 1.165) is 0 Å². The van der Waals surface area contributed by atoms with Crippen LogP contribution in [0.2, 0.25) is 0 Å². The molecule has 1 atom stereocenters. The van der Waals surface area contributed by atoms with Crippen LogP contribution < -0.4 is 10.6 Å². The molecule has 1 heterocycles. The van der Waals surface area contributed by atoms with Gasteiger partial charge in [-0.2, -0.15) is 0 Å². The van der Waals surface area contributed by atoms with E-state index in [1.165, 1.54) is 11.3 Å². The van der Waals surface area contributed by atoms with E-state index in [1.54, 1.807) is 17.5 Å². The summed E-state index contributed by atoms with van der Waals surface area (Å²) >= 11 is 1.30. The molecule has 0 aliphatic carbocycles. The van der Waals surface area contributed by atoms with Crippen LogP contribution in [0.25, 0.3) is 0 Å². The van der Waals surface area contributed by atoms with E-state index in [4.69, 9.17) is 5.11 Å². The lowest BCUT2D eigenvalue weighted by Gasteiger charge is -2.32. The standard InChI is InChI=1S/C13H21N3O3S/c1-13(2,16(3)4)8-14-12(19)15-10(11(17)18)9-6-5-7-20-9/h5-7,10H,8H2,1-4H3,(H,17,18)(H2,14,15,19). The number of nitrogens with zero attached hydrogens (tertiary/aromatic N) is 1. The highest BCUT2D eigenvalue weighted by atomic mass is 32.1. The highest BCUT2D eigenvalue weighted by Crippen LogP contribution is 2.19. The van der Waals surface area contributed by atoms with E-state index < -0.39 is 18.0 Å². The second-order valence-electron chi connectivity index (χ2n) is 5.32. The fourth-order valence-electron chi connectivity index (χ4n) is 1.35. The second-order valence-corrected chi connectivity index (χ2v) is 6.30. The molecule has 0 fully saturated rings. The van der Waals surface area contributed by atoms with Crippen molar-refractivity contribution in [2.24, 2.45) is 0 Å². The zero-order valence-electron chi connectivity index (χ0n) is 12.1. The molecule has 1 rings (SSSR count). The number of thiophene rings is 1. The van der Waals surface area contributed by atoms with Crippen LogP contribution in [0.4, 0.5) is 4.79 Å². The Morgan fingerprint density at radius 3 is 2.55 bits per heavy atom. The number of hydrogen-bond acceptors (Lipinski definition) is 4. The SMILES string of the molecule is CN(C)C(C)(C)CNC(=O)NC(C(=O)O)c1cccs1. The molecule has 6 nitrogen and oxygen atoms in total. The number of carbonyl (C=O) groups is 2. The van der Waals surface area contributed by atoms with Gasteiger partial charge in [0.1, 0.15) is 0 Å². The van der Waals surface area contributed by atoms with Crippen molar-refractivity contribution in [3.8, 4) is 0 Å². The van der Waals surface area contributed by atoms with E-state index in [1.807, 2.05) is 32.8 Å². The van der Waals surface area contributed by atoms with Gasteiger partial charge in [0.15, 0.2) is 6.04 Å². The van der Waals surface area contributed by atoms with Crippen LogP contribution in [0.3, 0.4) is 0 Å². The van der Waals surface area contributed by atoms with Gasteiger partial charge >= 0.3 is 12.0 Å². The van der Waals surface area contributed by atoms with Crippen molar-refractivity contribution in [2.75, 3.05) is 20.6 Å². The Kier molecular flexibility index (Phi) is 5.52. The van der Waals surface area contributed by atoms with Crippen LogP contribution in [0, 0.1) is 0 Å². The Bertz CT molecular complexity index is 457. The molecule has 0 saturated heterocycles. The molecule has 1 aromatic heterocycles. The number of aliphatic carboxylic acids is 1. The number of hydrogen-bond donors (Lipinski definition) is 3. The monoisotopic (exact) mass is 299 g/mol. The summed E-state index contributed by atoms with van der Waals surface area (Å²) in [5, 5.41) is 16.1. The van der Waals surface area contributed by atoms with Gasteiger partial charge in [0.05, 0.1) is 0 Å². The predicted octanol–water partition coefficient (Wildman–Crippen LogP) is 1.51. The maximum absolute atomic E-state index is 11.8. The molecule has 2 amide bonds. The Labute approximate surface area is 122 Å². The Morgan fingerprint density at radius 1 is 1.45 bits per heavy atom. The molecular formula is C13H21N3O3S. The first-order valence-corrected chi connectivity index (χ1v) is 7.10. The number of rotatable bonds is 6. The summed E-state index contributed by atoms with van der Waals surface area (Å²) in [4.78, 5) is 25.6. The molecule has 7 heteroatoms. The molecule has 0 saturated carbocycles. The van der Waals surface area contributed by atoms with Crippen molar-refractivity contribution in [1.29, 1.82) is 0 Å². The van der Waals surface area contributed by atoms with Crippen LogP contribution >= 0.6 is 11.3 Å². The van der Waals surface area contributed by atoms with Crippen LogP contribution in [-0.2, 0) is 4.79 Å². The number of likely N-dealkylation sites (N-methyl/N-ethyl adjacent to an activating group) is 1. The van der Waals surface area contributed by atoms with Gasteiger partial charge < -0.3 is 20.6 Å². The first kappa shape index (κ1) is 16.5. The normalized spacial score (nSPS) is 13.1. The minimum absolute atomic E-state index is 0.209. The van der Waals surface area contributed by atoms with Crippen molar-refractivity contribution in [2.45, 2.75) is 25.4 Å². The third-order valence-electron chi connectivity index (χ3n) is 3.24. The molecule has 0 spiro atoms. The van der Waals surface area contributed by atoms with Gasteiger partial charge in [-0.3, -0.25) is 0 Å². The summed E-state index contributed by atoms with van der Waals surface area (Å²) in [6.45, 7) is 4.39. The van der Waals surface area contributed by atoms with Gasteiger partial charge in [0, 0.05) is 17.0 Å². The number of carboxylic acids is 1. The van der Waals surface area contributed by atoms with E-state index in [-0.39, 0.29) is 5.54 Å². The molecule has 20 heavy (non-hydrogen) atoms. The zero-order chi connectivity index (χ0) is 15.3. The predicted molar refractivity (Wildman–Crippen MR) is 79.0 cm³/mol. The summed E-state index contributed by atoms with van der Waals surface area (Å²) in [6, 6.07) is 1.94. The second kappa shape index (κ2) is 6.71. The average molecular weight is 299 g/mol. The van der Waals surface area contributed by atoms with Gasteiger partial charge in [-0.15, -0.1) is 11.3 Å². The molecule has 0 aliphatic heterocycles. The quantitative estimate of drug-likeness (QED) is 0.744. The molecule has 0 bridgehead atoms. The number of carboxylic acid groups (broad SMARTS) is 1. The number of urea groups is 1. The van der Waals surface area contributed by atoms with E-state index in [9.17, 15) is 9.59 Å². The molecule has 1 aromatic rings. The van der Waals surface area contributed by atoms with Gasteiger partial charge in [-0.05, 0) is 39.4 Å². The minimum atomic E-state index is -1.07. The van der Waals surface area contributed by atoms with Gasteiger partial charge in [0.2, 0.25) is 0 Å². The Morgan fingerprint density at radius 2 is 2.10 bits per heavy atom. The smallest absolute Gasteiger partial charge is 0.331 e. The average Bonchev–Trinajstić information content (AvgIpc) is 2.86. The maximum Gasteiger partial charge on any atom is 0.331 e. The number of amides is 2. The molecule has 3 N–H and O–H groups in total.